The second-order valence-corrected chi connectivity index (χ2v) is 5.86. The number of esters is 1. The third-order valence-electron chi connectivity index (χ3n) is 3.87. The molecule has 6 nitrogen and oxygen atoms in total. The third kappa shape index (κ3) is 4.22. The molecule has 2 heterocycles. The highest BCUT2D eigenvalue weighted by atomic mass is 16.5. The number of nitriles is 1. The zero-order valence-electron chi connectivity index (χ0n) is 14.7. The first-order chi connectivity index (χ1) is 13.1. The van der Waals surface area contributed by atoms with Crippen LogP contribution in [0.2, 0.25) is 0 Å². The fourth-order valence-electron chi connectivity index (χ4n) is 2.69. The predicted molar refractivity (Wildman–Crippen MR) is 100 cm³/mol. The van der Waals surface area contributed by atoms with E-state index in [2.05, 4.69) is 11.4 Å². The largest absolute Gasteiger partial charge is 0.456 e. The summed E-state index contributed by atoms with van der Waals surface area (Å²) in [4.78, 5) is 23.9. The lowest BCUT2D eigenvalue weighted by atomic mass is 10.2. The van der Waals surface area contributed by atoms with Crippen LogP contribution in [0.25, 0.3) is 11.6 Å². The maximum Gasteiger partial charge on any atom is 0.355 e. The van der Waals surface area contributed by atoms with E-state index in [1.807, 2.05) is 54.7 Å². The molecule has 1 amide bonds. The number of carbonyl (C=O) groups excluding carboxylic acids is 2. The highest BCUT2D eigenvalue weighted by Crippen LogP contribution is 2.19. The van der Waals surface area contributed by atoms with Crippen molar-refractivity contribution in [3.05, 3.63) is 83.3 Å². The van der Waals surface area contributed by atoms with Crippen LogP contribution < -0.4 is 5.32 Å². The SMILES string of the molecule is CC(=O)N/C(=C\c1ccccc1)C(=O)OCc1cn2ccccc2c1C#N. The van der Waals surface area contributed by atoms with E-state index >= 15 is 0 Å². The van der Waals surface area contributed by atoms with Crippen molar-refractivity contribution >= 4 is 23.5 Å². The number of amides is 1. The van der Waals surface area contributed by atoms with Crippen molar-refractivity contribution in [1.82, 2.24) is 9.72 Å². The topological polar surface area (TPSA) is 83.6 Å². The lowest BCUT2D eigenvalue weighted by Gasteiger charge is -2.09. The number of hydrogen-bond donors (Lipinski definition) is 1. The number of nitrogens with zero attached hydrogens (tertiary/aromatic N) is 2. The smallest absolute Gasteiger partial charge is 0.355 e. The molecule has 6 heteroatoms. The van der Waals surface area contributed by atoms with Gasteiger partial charge in [0, 0.05) is 24.9 Å². The van der Waals surface area contributed by atoms with Crippen LogP contribution in [0.5, 0.6) is 0 Å². The second-order valence-electron chi connectivity index (χ2n) is 5.86. The normalized spacial score (nSPS) is 11.0. The minimum atomic E-state index is -0.673. The molecule has 0 saturated heterocycles. The molecule has 0 aliphatic heterocycles. The van der Waals surface area contributed by atoms with Gasteiger partial charge in [0.15, 0.2) is 0 Å². The van der Waals surface area contributed by atoms with Gasteiger partial charge in [-0.05, 0) is 23.8 Å². The Morgan fingerprint density at radius 3 is 2.63 bits per heavy atom. The summed E-state index contributed by atoms with van der Waals surface area (Å²) in [6, 6.07) is 16.8. The van der Waals surface area contributed by atoms with Gasteiger partial charge in [0.05, 0.1) is 11.1 Å². The number of pyridine rings is 1. The van der Waals surface area contributed by atoms with Crippen molar-refractivity contribution in [2.75, 3.05) is 0 Å². The monoisotopic (exact) mass is 359 g/mol. The van der Waals surface area contributed by atoms with Crippen LogP contribution in [0.15, 0.2) is 66.6 Å². The number of rotatable bonds is 5. The van der Waals surface area contributed by atoms with Gasteiger partial charge in [0.1, 0.15) is 18.4 Å². The fourth-order valence-corrected chi connectivity index (χ4v) is 2.69. The van der Waals surface area contributed by atoms with E-state index in [-0.39, 0.29) is 18.2 Å². The van der Waals surface area contributed by atoms with Crippen LogP contribution in [0.4, 0.5) is 0 Å². The van der Waals surface area contributed by atoms with Gasteiger partial charge in [-0.1, -0.05) is 36.4 Å². The Hall–Kier alpha value is -3.85. The van der Waals surface area contributed by atoms with E-state index in [1.165, 1.54) is 6.92 Å². The van der Waals surface area contributed by atoms with E-state index in [9.17, 15) is 14.9 Å². The molecule has 2 aromatic heterocycles. The van der Waals surface area contributed by atoms with Gasteiger partial charge in [-0.25, -0.2) is 4.79 Å². The summed E-state index contributed by atoms with van der Waals surface area (Å²) in [5, 5.41) is 11.9. The van der Waals surface area contributed by atoms with Crippen LogP contribution in [-0.4, -0.2) is 16.3 Å². The van der Waals surface area contributed by atoms with Gasteiger partial charge in [-0.2, -0.15) is 5.26 Å². The van der Waals surface area contributed by atoms with Crippen molar-refractivity contribution in [2.24, 2.45) is 0 Å². The van der Waals surface area contributed by atoms with Gasteiger partial charge in [0.25, 0.3) is 0 Å². The summed E-state index contributed by atoms with van der Waals surface area (Å²) >= 11 is 0. The standard InChI is InChI=1S/C21H17N3O3/c1-15(25)23-19(11-16-7-3-2-4-8-16)21(26)27-14-17-13-24-10-6-5-9-20(24)18(17)12-22/h2-11,13H,14H2,1H3,(H,23,25)/b19-11-. The average molecular weight is 359 g/mol. The first-order valence-corrected chi connectivity index (χ1v) is 8.28. The summed E-state index contributed by atoms with van der Waals surface area (Å²) < 4.78 is 7.15. The highest BCUT2D eigenvalue weighted by Gasteiger charge is 2.16. The highest BCUT2D eigenvalue weighted by molar-refractivity contribution is 5.97. The Labute approximate surface area is 156 Å². The maximum atomic E-state index is 12.5. The number of nitrogens with one attached hydrogen (secondary N) is 1. The molecule has 0 spiro atoms. The molecule has 3 aromatic rings. The summed E-state index contributed by atoms with van der Waals surface area (Å²) in [5.74, 6) is -1.05. The zero-order chi connectivity index (χ0) is 19.2. The van der Waals surface area contributed by atoms with Gasteiger partial charge >= 0.3 is 5.97 Å². The Morgan fingerprint density at radius 2 is 1.93 bits per heavy atom. The molecule has 27 heavy (non-hydrogen) atoms. The molecule has 1 N–H and O–H groups in total. The molecule has 0 saturated carbocycles. The Balaban J connectivity index is 1.81. The maximum absolute atomic E-state index is 12.5. The summed E-state index contributed by atoms with van der Waals surface area (Å²) in [7, 11) is 0. The van der Waals surface area contributed by atoms with Gasteiger partial charge in [-0.15, -0.1) is 0 Å². The molecular weight excluding hydrogens is 342 g/mol. The molecular formula is C21H17N3O3. The van der Waals surface area contributed by atoms with Gasteiger partial charge < -0.3 is 14.5 Å². The quantitative estimate of drug-likeness (QED) is 0.561. The molecule has 0 aliphatic rings. The number of benzene rings is 1. The van der Waals surface area contributed by atoms with E-state index < -0.39 is 5.97 Å². The van der Waals surface area contributed by atoms with Crippen molar-refractivity contribution in [3.63, 3.8) is 0 Å². The first-order valence-electron chi connectivity index (χ1n) is 8.28. The molecule has 0 bridgehead atoms. The van der Waals surface area contributed by atoms with E-state index in [4.69, 9.17) is 4.74 Å². The van der Waals surface area contributed by atoms with E-state index in [0.29, 0.717) is 11.1 Å². The molecule has 0 aliphatic carbocycles. The number of ether oxygens (including phenoxy) is 1. The Bertz CT molecular complexity index is 1060. The second kappa shape index (κ2) is 8.02. The lowest BCUT2D eigenvalue weighted by Crippen LogP contribution is -2.26. The first kappa shape index (κ1) is 18.0. The van der Waals surface area contributed by atoms with Gasteiger partial charge in [0.2, 0.25) is 5.91 Å². The summed E-state index contributed by atoms with van der Waals surface area (Å²) in [5.41, 5.74) is 2.59. The van der Waals surface area contributed by atoms with E-state index in [0.717, 1.165) is 11.1 Å². The fraction of sp³-hybridized carbons (Fsp3) is 0.0952. The van der Waals surface area contributed by atoms with Crippen molar-refractivity contribution < 1.29 is 14.3 Å². The molecule has 134 valence electrons. The predicted octanol–water partition coefficient (Wildman–Crippen LogP) is 3.03. The molecule has 0 radical (unpaired) electrons. The van der Waals surface area contributed by atoms with Crippen molar-refractivity contribution in [1.29, 1.82) is 5.26 Å². The Morgan fingerprint density at radius 1 is 1.19 bits per heavy atom. The van der Waals surface area contributed by atoms with Crippen LogP contribution in [0.3, 0.4) is 0 Å². The zero-order valence-corrected chi connectivity index (χ0v) is 14.7. The number of carbonyl (C=O) groups is 2. The van der Waals surface area contributed by atoms with Crippen LogP contribution in [-0.2, 0) is 20.9 Å². The van der Waals surface area contributed by atoms with Crippen molar-refractivity contribution in [2.45, 2.75) is 13.5 Å². The molecule has 3 rings (SSSR count). The molecule has 0 fully saturated rings. The minimum absolute atomic E-state index is 0.0379. The third-order valence-corrected chi connectivity index (χ3v) is 3.87. The van der Waals surface area contributed by atoms with Crippen molar-refractivity contribution in [3.8, 4) is 6.07 Å². The number of fused-ring (bicyclic) bond motifs is 1. The average Bonchev–Trinajstić information content (AvgIpc) is 3.03. The minimum Gasteiger partial charge on any atom is -0.456 e. The number of hydrogen-bond acceptors (Lipinski definition) is 4. The van der Waals surface area contributed by atoms with Gasteiger partial charge in [-0.3, -0.25) is 4.79 Å². The summed E-state index contributed by atoms with van der Waals surface area (Å²) in [6.45, 7) is 1.25. The molecule has 0 unspecified atom stereocenters. The van der Waals surface area contributed by atoms with Crippen LogP contribution >= 0.6 is 0 Å². The Kier molecular flexibility index (Phi) is 5.33. The summed E-state index contributed by atoms with van der Waals surface area (Å²) in [6.07, 6.45) is 5.12. The number of aromatic nitrogens is 1. The molecule has 1 aromatic carbocycles. The van der Waals surface area contributed by atoms with Crippen LogP contribution in [0.1, 0.15) is 23.6 Å². The van der Waals surface area contributed by atoms with Crippen LogP contribution in [0, 0.1) is 11.3 Å². The lowest BCUT2D eigenvalue weighted by molar-refractivity contribution is -0.141. The molecule has 0 atom stereocenters. The van der Waals surface area contributed by atoms with E-state index in [1.54, 1.807) is 16.7 Å².